The van der Waals surface area contributed by atoms with E-state index in [1.807, 2.05) is 0 Å². The van der Waals surface area contributed by atoms with E-state index in [-0.39, 0.29) is 15.5 Å². The Labute approximate surface area is 161 Å². The molecule has 0 saturated carbocycles. The summed E-state index contributed by atoms with van der Waals surface area (Å²) in [5.41, 5.74) is 0.369. The molecular weight excluding hydrogens is 396 g/mol. The van der Waals surface area contributed by atoms with Crippen molar-refractivity contribution < 1.29 is 27.5 Å². The van der Waals surface area contributed by atoms with E-state index in [1.54, 1.807) is 24.3 Å². The Bertz CT molecular complexity index is 962. The van der Waals surface area contributed by atoms with Gasteiger partial charge in [-0.15, -0.1) is 0 Å². The average Bonchev–Trinajstić information content (AvgIpc) is 2.66. The lowest BCUT2D eigenvalue weighted by Gasteiger charge is -2.11. The van der Waals surface area contributed by atoms with Crippen LogP contribution in [-0.4, -0.2) is 41.1 Å². The van der Waals surface area contributed by atoms with Crippen LogP contribution in [0.2, 0.25) is 5.02 Å². The summed E-state index contributed by atoms with van der Waals surface area (Å²) in [5.74, 6) is -0.990. The Morgan fingerprint density at radius 2 is 1.85 bits per heavy atom. The van der Waals surface area contributed by atoms with E-state index in [0.29, 0.717) is 11.4 Å². The van der Waals surface area contributed by atoms with Gasteiger partial charge in [-0.05, 0) is 37.4 Å². The number of carbonyl (C=O) groups is 2. The fraction of sp³-hybridized carbons (Fsp3) is 0.176. The van der Waals surface area contributed by atoms with E-state index in [2.05, 4.69) is 10.0 Å². The highest BCUT2D eigenvalue weighted by molar-refractivity contribution is 7.89. The largest absolute Gasteiger partial charge is 0.495 e. The number of hydrogen-bond acceptors (Lipinski definition) is 6. The number of nitrogens with one attached hydrogen (secondary N) is 2. The number of amides is 1. The molecule has 0 aliphatic carbocycles. The van der Waals surface area contributed by atoms with Crippen LogP contribution in [0.15, 0.2) is 47.4 Å². The first-order valence-corrected chi connectivity index (χ1v) is 9.47. The van der Waals surface area contributed by atoms with Gasteiger partial charge in [-0.2, -0.15) is 0 Å². The number of benzene rings is 2. The molecule has 0 unspecified atom stereocenters. The molecule has 0 aliphatic heterocycles. The maximum absolute atomic E-state index is 12.1. The number of hydrogen-bond donors (Lipinski definition) is 2. The highest BCUT2D eigenvalue weighted by Gasteiger charge is 2.19. The number of methoxy groups -OCH3 is 1. The molecule has 0 radical (unpaired) electrons. The predicted molar refractivity (Wildman–Crippen MR) is 99.6 cm³/mol. The summed E-state index contributed by atoms with van der Waals surface area (Å²) in [5, 5.41) is 2.51. The van der Waals surface area contributed by atoms with E-state index in [0.717, 1.165) is 6.07 Å². The molecule has 2 N–H and O–H groups in total. The molecule has 0 bridgehead atoms. The monoisotopic (exact) mass is 412 g/mol. The second-order valence-electron chi connectivity index (χ2n) is 5.18. The Balaban J connectivity index is 2.05. The molecule has 144 valence electrons. The first kappa shape index (κ1) is 20.7. The van der Waals surface area contributed by atoms with Gasteiger partial charge in [-0.3, -0.25) is 4.79 Å². The molecule has 0 saturated heterocycles. The van der Waals surface area contributed by atoms with Crippen molar-refractivity contribution in [3.63, 3.8) is 0 Å². The lowest BCUT2D eigenvalue weighted by Crippen LogP contribution is -2.22. The van der Waals surface area contributed by atoms with E-state index >= 15 is 0 Å². The van der Waals surface area contributed by atoms with Crippen molar-refractivity contribution in [3.05, 3.63) is 53.1 Å². The Hall–Kier alpha value is -2.62. The van der Waals surface area contributed by atoms with Crippen LogP contribution in [0.5, 0.6) is 5.75 Å². The maximum atomic E-state index is 12.1. The van der Waals surface area contributed by atoms with Gasteiger partial charge in [0.05, 0.1) is 23.4 Å². The van der Waals surface area contributed by atoms with Crippen LogP contribution in [0.4, 0.5) is 5.69 Å². The van der Waals surface area contributed by atoms with Crippen molar-refractivity contribution in [1.29, 1.82) is 0 Å². The zero-order valence-electron chi connectivity index (χ0n) is 14.5. The second kappa shape index (κ2) is 8.85. The molecule has 0 aliphatic rings. The summed E-state index contributed by atoms with van der Waals surface area (Å²) < 4.78 is 36.0. The van der Waals surface area contributed by atoms with Crippen LogP contribution in [0.3, 0.4) is 0 Å². The number of sulfonamides is 1. The summed E-state index contributed by atoms with van der Waals surface area (Å²) in [6.07, 6.45) is 0. The van der Waals surface area contributed by atoms with Crippen LogP contribution in [-0.2, 0) is 19.6 Å². The summed E-state index contributed by atoms with van der Waals surface area (Å²) in [6, 6.07) is 10.4. The number of rotatable bonds is 7. The standard InChI is InChI=1S/C17H17ClN2O6S/c1-19-27(23,24)15-9-11(7-8-12(15)18)17(22)26-10-16(21)20-13-5-3-4-6-14(13)25-2/h3-9,19H,10H2,1-2H3,(H,20,21). The van der Waals surface area contributed by atoms with Gasteiger partial charge in [-0.25, -0.2) is 17.9 Å². The topological polar surface area (TPSA) is 111 Å². The Morgan fingerprint density at radius 1 is 1.15 bits per heavy atom. The quantitative estimate of drug-likeness (QED) is 0.673. The van der Waals surface area contributed by atoms with Crippen molar-refractivity contribution in [1.82, 2.24) is 4.72 Å². The van der Waals surface area contributed by atoms with Crippen molar-refractivity contribution >= 4 is 39.2 Å². The van der Waals surface area contributed by atoms with Crippen LogP contribution in [0, 0.1) is 0 Å². The minimum Gasteiger partial charge on any atom is -0.495 e. The van der Waals surface area contributed by atoms with Gasteiger partial charge < -0.3 is 14.8 Å². The van der Waals surface area contributed by atoms with Gasteiger partial charge in [0.15, 0.2) is 6.61 Å². The number of esters is 1. The second-order valence-corrected chi connectivity index (χ2v) is 7.44. The minimum atomic E-state index is -3.85. The van der Waals surface area contributed by atoms with E-state index in [9.17, 15) is 18.0 Å². The highest BCUT2D eigenvalue weighted by atomic mass is 35.5. The van der Waals surface area contributed by atoms with Gasteiger partial charge in [0.25, 0.3) is 5.91 Å². The molecular formula is C17H17ClN2O6S. The Morgan fingerprint density at radius 3 is 2.52 bits per heavy atom. The molecule has 0 atom stereocenters. The first-order valence-electron chi connectivity index (χ1n) is 7.61. The molecule has 2 aromatic rings. The molecule has 8 nitrogen and oxygen atoms in total. The van der Waals surface area contributed by atoms with E-state index in [1.165, 1.54) is 26.3 Å². The van der Waals surface area contributed by atoms with Crippen molar-refractivity contribution in [2.24, 2.45) is 0 Å². The van der Waals surface area contributed by atoms with Crippen molar-refractivity contribution in [2.75, 3.05) is 26.1 Å². The smallest absolute Gasteiger partial charge is 0.338 e. The molecule has 10 heteroatoms. The number of anilines is 1. The van der Waals surface area contributed by atoms with Crippen LogP contribution < -0.4 is 14.8 Å². The van der Waals surface area contributed by atoms with Crippen molar-refractivity contribution in [2.45, 2.75) is 4.90 Å². The van der Waals surface area contributed by atoms with Crippen LogP contribution in [0.25, 0.3) is 0 Å². The molecule has 0 heterocycles. The molecule has 0 aromatic heterocycles. The molecule has 1 amide bonds. The first-order chi connectivity index (χ1) is 12.8. The zero-order valence-corrected chi connectivity index (χ0v) is 16.1. The van der Waals surface area contributed by atoms with Crippen molar-refractivity contribution in [3.8, 4) is 5.75 Å². The molecule has 2 rings (SSSR count). The summed E-state index contributed by atoms with van der Waals surface area (Å²) >= 11 is 5.86. The third kappa shape index (κ3) is 5.19. The number of ether oxygens (including phenoxy) is 2. The molecule has 0 spiro atoms. The van der Waals surface area contributed by atoms with Gasteiger partial charge in [0.2, 0.25) is 10.0 Å². The third-order valence-electron chi connectivity index (χ3n) is 3.44. The Kier molecular flexibility index (Phi) is 6.78. The van der Waals surface area contributed by atoms with Gasteiger partial charge in [-0.1, -0.05) is 23.7 Å². The predicted octanol–water partition coefficient (Wildman–Crippen LogP) is 2.05. The SMILES string of the molecule is CNS(=O)(=O)c1cc(C(=O)OCC(=O)Nc2ccccc2OC)ccc1Cl. The van der Waals surface area contributed by atoms with Crippen LogP contribution >= 0.6 is 11.6 Å². The summed E-state index contributed by atoms with van der Waals surface area (Å²) in [6.45, 7) is -0.562. The van der Waals surface area contributed by atoms with E-state index < -0.39 is 28.5 Å². The highest BCUT2D eigenvalue weighted by Crippen LogP contribution is 2.24. The number of carbonyl (C=O) groups excluding carboxylic acids is 2. The normalized spacial score (nSPS) is 10.9. The average molecular weight is 413 g/mol. The fourth-order valence-corrected chi connectivity index (χ4v) is 3.34. The lowest BCUT2D eigenvalue weighted by molar-refractivity contribution is -0.119. The van der Waals surface area contributed by atoms with E-state index in [4.69, 9.17) is 21.1 Å². The number of para-hydroxylation sites is 2. The lowest BCUT2D eigenvalue weighted by atomic mass is 10.2. The summed E-state index contributed by atoms with van der Waals surface area (Å²) in [4.78, 5) is 23.8. The number of halogens is 1. The zero-order chi connectivity index (χ0) is 20.0. The molecule has 2 aromatic carbocycles. The van der Waals surface area contributed by atoms with Crippen LogP contribution in [0.1, 0.15) is 10.4 Å². The summed E-state index contributed by atoms with van der Waals surface area (Å²) in [7, 11) is -1.17. The molecule has 27 heavy (non-hydrogen) atoms. The third-order valence-corrected chi connectivity index (χ3v) is 5.34. The van der Waals surface area contributed by atoms with Gasteiger partial charge in [0.1, 0.15) is 10.6 Å². The maximum Gasteiger partial charge on any atom is 0.338 e. The molecule has 0 fully saturated rings. The fourth-order valence-electron chi connectivity index (χ4n) is 2.09. The van der Waals surface area contributed by atoms with Gasteiger partial charge >= 0.3 is 5.97 Å². The van der Waals surface area contributed by atoms with Gasteiger partial charge in [0, 0.05) is 0 Å². The minimum absolute atomic E-state index is 0.0465.